The highest BCUT2D eigenvalue weighted by Crippen LogP contribution is 2.41. The molecule has 0 aliphatic carbocycles. The number of benzene rings is 2. The highest BCUT2D eigenvalue weighted by molar-refractivity contribution is 5.76. The van der Waals surface area contributed by atoms with Gasteiger partial charge in [0.05, 0.1) is 23.2 Å². The van der Waals surface area contributed by atoms with Crippen molar-refractivity contribution < 1.29 is 35.5 Å². The van der Waals surface area contributed by atoms with Crippen LogP contribution in [0.15, 0.2) is 36.4 Å². The average molecular weight is 520 g/mol. The molecule has 36 heavy (non-hydrogen) atoms. The molecule has 1 aliphatic rings. The normalized spacial score (nSPS) is 19.5. The van der Waals surface area contributed by atoms with Gasteiger partial charge in [0.15, 0.2) is 0 Å². The maximum Gasteiger partial charge on any atom is 0.416 e. The second-order valence-electron chi connectivity index (χ2n) is 9.15. The zero-order chi connectivity index (χ0) is 27.0. The summed E-state index contributed by atoms with van der Waals surface area (Å²) in [6.45, 7) is 4.00. The Bertz CT molecular complexity index is 1070. The molecular formula is C25H28F7N3O. The Labute approximate surface area is 205 Å². The Balaban J connectivity index is 1.97. The van der Waals surface area contributed by atoms with E-state index in [1.165, 1.54) is 26.1 Å². The SMILES string of the molecule is CNC[C@@H]1CCN(C(=O)N(C)[C@H](C)c2cc(C(F)(F)F)cc(C(F)(F)F)c2)[C@H]1c1ccc(F)cc1C. The number of rotatable bonds is 5. The molecule has 3 atom stereocenters. The quantitative estimate of drug-likeness (QED) is 0.454. The van der Waals surface area contributed by atoms with Crippen molar-refractivity contribution in [3.63, 3.8) is 0 Å². The van der Waals surface area contributed by atoms with Gasteiger partial charge in [0.1, 0.15) is 5.82 Å². The fourth-order valence-electron chi connectivity index (χ4n) is 4.75. The molecule has 1 aliphatic heterocycles. The van der Waals surface area contributed by atoms with E-state index in [2.05, 4.69) is 5.32 Å². The van der Waals surface area contributed by atoms with Crippen LogP contribution in [0.25, 0.3) is 0 Å². The lowest BCUT2D eigenvalue weighted by molar-refractivity contribution is -0.143. The van der Waals surface area contributed by atoms with E-state index in [9.17, 15) is 35.5 Å². The average Bonchev–Trinajstić information content (AvgIpc) is 3.19. The Hall–Kier alpha value is -2.82. The van der Waals surface area contributed by atoms with Crippen molar-refractivity contribution in [1.29, 1.82) is 0 Å². The topological polar surface area (TPSA) is 35.6 Å². The first-order valence-electron chi connectivity index (χ1n) is 11.4. The third-order valence-electron chi connectivity index (χ3n) is 6.76. The summed E-state index contributed by atoms with van der Waals surface area (Å²) in [4.78, 5) is 16.2. The molecule has 3 rings (SSSR count). The van der Waals surface area contributed by atoms with E-state index < -0.39 is 47.4 Å². The molecule has 2 amide bonds. The molecule has 2 aromatic carbocycles. The molecule has 0 bridgehead atoms. The van der Waals surface area contributed by atoms with Crippen molar-refractivity contribution in [3.05, 3.63) is 70.0 Å². The monoisotopic (exact) mass is 519 g/mol. The predicted octanol–water partition coefficient (Wildman–Crippen LogP) is 6.57. The van der Waals surface area contributed by atoms with Crippen LogP contribution in [0.1, 0.15) is 53.2 Å². The lowest BCUT2D eigenvalue weighted by Gasteiger charge is -2.35. The highest BCUT2D eigenvalue weighted by Gasteiger charge is 2.41. The number of carbonyl (C=O) groups is 1. The molecular weight excluding hydrogens is 491 g/mol. The van der Waals surface area contributed by atoms with Gasteiger partial charge in [0, 0.05) is 20.1 Å². The number of alkyl halides is 6. The van der Waals surface area contributed by atoms with Crippen LogP contribution in [-0.2, 0) is 12.4 Å². The van der Waals surface area contributed by atoms with Gasteiger partial charge in [-0.25, -0.2) is 9.18 Å². The lowest BCUT2D eigenvalue weighted by atomic mass is 9.90. The Morgan fingerprint density at radius 2 is 1.67 bits per heavy atom. The molecule has 0 spiro atoms. The minimum Gasteiger partial charge on any atom is -0.321 e. The zero-order valence-electron chi connectivity index (χ0n) is 20.3. The summed E-state index contributed by atoms with van der Waals surface area (Å²) in [7, 11) is 3.11. The summed E-state index contributed by atoms with van der Waals surface area (Å²) < 4.78 is 93.7. The summed E-state index contributed by atoms with van der Waals surface area (Å²) >= 11 is 0. The van der Waals surface area contributed by atoms with Crippen molar-refractivity contribution in [2.45, 2.75) is 44.7 Å². The molecule has 0 unspecified atom stereocenters. The number of halogens is 7. The minimum atomic E-state index is -4.99. The van der Waals surface area contributed by atoms with Crippen LogP contribution in [0.3, 0.4) is 0 Å². The maximum absolute atomic E-state index is 13.7. The van der Waals surface area contributed by atoms with E-state index in [4.69, 9.17) is 0 Å². The van der Waals surface area contributed by atoms with Crippen molar-refractivity contribution in [2.75, 3.05) is 27.2 Å². The minimum absolute atomic E-state index is 0.0165. The second kappa shape index (κ2) is 10.3. The smallest absolute Gasteiger partial charge is 0.321 e. The van der Waals surface area contributed by atoms with Gasteiger partial charge in [0.2, 0.25) is 0 Å². The number of nitrogens with zero attached hydrogens (tertiary/aromatic N) is 2. The van der Waals surface area contributed by atoms with Gasteiger partial charge in [-0.3, -0.25) is 0 Å². The molecule has 1 heterocycles. The van der Waals surface area contributed by atoms with Crippen LogP contribution in [0.5, 0.6) is 0 Å². The molecule has 1 fully saturated rings. The number of amides is 2. The third kappa shape index (κ3) is 5.77. The molecule has 0 aromatic heterocycles. The number of hydrogen-bond acceptors (Lipinski definition) is 2. The second-order valence-corrected chi connectivity index (χ2v) is 9.15. The maximum atomic E-state index is 13.7. The highest BCUT2D eigenvalue weighted by atomic mass is 19.4. The molecule has 0 saturated carbocycles. The van der Waals surface area contributed by atoms with Crippen molar-refractivity contribution in [1.82, 2.24) is 15.1 Å². The Morgan fingerprint density at radius 1 is 1.08 bits per heavy atom. The summed E-state index contributed by atoms with van der Waals surface area (Å²) in [6.07, 6.45) is -9.35. The zero-order valence-corrected chi connectivity index (χ0v) is 20.3. The van der Waals surface area contributed by atoms with Crippen LogP contribution < -0.4 is 5.32 Å². The molecule has 198 valence electrons. The van der Waals surface area contributed by atoms with Gasteiger partial charge in [0.25, 0.3) is 0 Å². The van der Waals surface area contributed by atoms with E-state index in [1.807, 2.05) is 0 Å². The van der Waals surface area contributed by atoms with Gasteiger partial charge in [-0.1, -0.05) is 6.07 Å². The number of carbonyl (C=O) groups excluding carboxylic acids is 1. The number of urea groups is 1. The molecule has 0 radical (unpaired) electrons. The first-order chi connectivity index (χ1) is 16.6. The summed E-state index contributed by atoms with van der Waals surface area (Å²) in [5, 5.41) is 3.08. The number of aryl methyl sites for hydroxylation is 1. The van der Waals surface area contributed by atoms with Gasteiger partial charge < -0.3 is 15.1 Å². The Morgan fingerprint density at radius 3 is 2.17 bits per heavy atom. The van der Waals surface area contributed by atoms with Gasteiger partial charge in [-0.2, -0.15) is 26.3 Å². The molecule has 4 nitrogen and oxygen atoms in total. The van der Waals surface area contributed by atoms with Gasteiger partial charge >= 0.3 is 18.4 Å². The summed E-state index contributed by atoms with van der Waals surface area (Å²) in [5.74, 6) is -0.440. The molecule has 2 aromatic rings. The number of nitrogens with one attached hydrogen (secondary N) is 1. The van der Waals surface area contributed by atoms with Crippen LogP contribution in [0, 0.1) is 18.7 Å². The van der Waals surface area contributed by atoms with Gasteiger partial charge in [-0.05, 0) is 80.3 Å². The van der Waals surface area contributed by atoms with Crippen LogP contribution >= 0.6 is 0 Å². The summed E-state index contributed by atoms with van der Waals surface area (Å²) in [6, 6.07) is 3.54. The fraction of sp³-hybridized carbons (Fsp3) is 0.480. The Kier molecular flexibility index (Phi) is 7.92. The third-order valence-corrected chi connectivity index (χ3v) is 6.76. The van der Waals surface area contributed by atoms with E-state index >= 15 is 0 Å². The van der Waals surface area contributed by atoms with Crippen LogP contribution in [0.2, 0.25) is 0 Å². The molecule has 1 N–H and O–H groups in total. The molecule has 11 heteroatoms. The first-order valence-corrected chi connectivity index (χ1v) is 11.4. The van der Waals surface area contributed by atoms with Crippen LogP contribution in [-0.4, -0.2) is 43.0 Å². The van der Waals surface area contributed by atoms with Crippen molar-refractivity contribution in [2.24, 2.45) is 5.92 Å². The van der Waals surface area contributed by atoms with E-state index in [0.717, 1.165) is 10.5 Å². The van der Waals surface area contributed by atoms with E-state index in [-0.39, 0.29) is 17.5 Å². The first kappa shape index (κ1) is 27.8. The standard InChI is InChI=1S/C25H28F7N3O/c1-14-9-20(26)5-6-21(14)22-16(13-33-3)7-8-35(22)23(36)34(4)15(2)17-10-18(24(27,28)29)12-19(11-17)25(30,31)32/h5-6,9-12,15-16,22,33H,7-8,13H2,1-4H3/t15-,16+,22-/m1/s1. The predicted molar refractivity (Wildman–Crippen MR) is 121 cm³/mol. The van der Waals surface area contributed by atoms with E-state index in [1.54, 1.807) is 24.9 Å². The lowest BCUT2D eigenvalue weighted by Crippen LogP contribution is -2.43. The van der Waals surface area contributed by atoms with Crippen molar-refractivity contribution >= 4 is 6.03 Å². The fourth-order valence-corrected chi connectivity index (χ4v) is 4.75. The van der Waals surface area contributed by atoms with Gasteiger partial charge in [-0.15, -0.1) is 0 Å². The summed E-state index contributed by atoms with van der Waals surface area (Å²) in [5.41, 5.74) is -1.77. The largest absolute Gasteiger partial charge is 0.416 e. The van der Waals surface area contributed by atoms with Crippen molar-refractivity contribution in [3.8, 4) is 0 Å². The molecule has 1 saturated heterocycles. The van der Waals surface area contributed by atoms with Crippen LogP contribution in [0.4, 0.5) is 35.5 Å². The van der Waals surface area contributed by atoms with E-state index in [0.29, 0.717) is 37.2 Å². The number of likely N-dealkylation sites (tertiary alicyclic amines) is 1. The number of hydrogen-bond donors (Lipinski definition) is 1.